The fraction of sp³-hybridized carbons (Fsp3) is 0.303. The first kappa shape index (κ1) is 31.5. The van der Waals surface area contributed by atoms with Crippen LogP contribution in [0.4, 0.5) is 4.39 Å². The van der Waals surface area contributed by atoms with Crippen LogP contribution in [0.5, 0.6) is 0 Å². The minimum absolute atomic E-state index is 0. The van der Waals surface area contributed by atoms with Crippen LogP contribution in [0, 0.1) is 75.5 Å². The van der Waals surface area contributed by atoms with Crippen molar-refractivity contribution < 1.29 is 28.0 Å². The van der Waals surface area contributed by atoms with Gasteiger partial charge < -0.3 is 6.42 Å². The fourth-order valence-corrected chi connectivity index (χ4v) is 7.07. The van der Waals surface area contributed by atoms with Crippen molar-refractivity contribution in [2.45, 2.75) is 61.3 Å². The number of carbonyl (C=O) groups is 1. The molecular formula is C33H30FLiOS2. The van der Waals surface area contributed by atoms with Crippen LogP contribution in [-0.4, -0.2) is 5.78 Å². The first-order chi connectivity index (χ1) is 17.6. The van der Waals surface area contributed by atoms with Crippen LogP contribution in [0.3, 0.4) is 0 Å². The Bertz CT molecular complexity index is 1540. The number of Topliss-reactive ketones (excluding diaryl/α,β-unsaturated/α-hetero) is 1. The maximum atomic E-state index is 13.0. The quantitative estimate of drug-likeness (QED) is 0.238. The summed E-state index contributed by atoms with van der Waals surface area (Å²) in [6.45, 7) is 14.5. The molecule has 0 saturated heterocycles. The average Bonchev–Trinajstić information content (AvgIpc) is 3.53. The van der Waals surface area contributed by atoms with Crippen LogP contribution in [0.2, 0.25) is 0 Å². The van der Waals surface area contributed by atoms with Crippen molar-refractivity contribution >= 4 is 34.0 Å². The number of aryl methyl sites for hydroxylation is 2. The zero-order valence-electron chi connectivity index (χ0n) is 23.4. The van der Waals surface area contributed by atoms with Crippen LogP contribution in [-0.2, 0) is 12.8 Å². The monoisotopic (exact) mass is 532 g/mol. The number of ketones is 1. The molecule has 3 aromatic rings. The second-order valence-corrected chi connectivity index (χ2v) is 11.7. The Morgan fingerprint density at radius 2 is 1.47 bits per heavy atom. The van der Waals surface area contributed by atoms with Crippen molar-refractivity contribution in [3.8, 4) is 29.6 Å². The number of fused-ring (bicyclic) bond motifs is 2. The molecule has 5 heteroatoms. The zero-order chi connectivity index (χ0) is 27.3. The predicted octanol–water partition coefficient (Wildman–Crippen LogP) is 5.23. The van der Waals surface area contributed by atoms with E-state index in [9.17, 15) is 9.18 Å². The number of hydrogen-bond donors (Lipinski definition) is 0. The van der Waals surface area contributed by atoms with Gasteiger partial charge in [0, 0.05) is 20.5 Å². The van der Waals surface area contributed by atoms with E-state index in [1.54, 1.807) is 30.4 Å². The molecule has 2 heterocycles. The third kappa shape index (κ3) is 6.81. The molecule has 0 N–H and O–H groups in total. The van der Waals surface area contributed by atoms with Gasteiger partial charge in [-0.1, -0.05) is 30.6 Å². The molecule has 0 spiro atoms. The molecule has 1 unspecified atom stereocenters. The van der Waals surface area contributed by atoms with Gasteiger partial charge in [-0.25, -0.2) is 10.3 Å². The number of halogens is 1. The molecule has 0 fully saturated rings. The Morgan fingerprint density at radius 3 is 2.03 bits per heavy atom. The number of hydrogen-bond acceptors (Lipinski definition) is 3. The second-order valence-electron chi connectivity index (χ2n) is 9.24. The van der Waals surface area contributed by atoms with Gasteiger partial charge in [0.05, 0.1) is 4.88 Å². The van der Waals surface area contributed by atoms with E-state index in [-0.39, 0.29) is 30.6 Å². The number of benzene rings is 1. The van der Waals surface area contributed by atoms with Crippen molar-refractivity contribution in [1.82, 2.24) is 0 Å². The SMILES string of the molecule is CC1=C(c2ccc(F)cc2)c2sc(C)c(C)c2C1.Cc1sc2c(c1C)CC(C)C2=O.[C-]#CC#CC#CC.[Li+]. The van der Waals surface area contributed by atoms with E-state index in [0.29, 0.717) is 5.78 Å². The van der Waals surface area contributed by atoms with Gasteiger partial charge in [0.25, 0.3) is 0 Å². The van der Waals surface area contributed by atoms with Gasteiger partial charge in [-0.3, -0.25) is 10.7 Å². The molecule has 1 aromatic carbocycles. The van der Waals surface area contributed by atoms with E-state index in [1.165, 1.54) is 48.0 Å². The van der Waals surface area contributed by atoms with Gasteiger partial charge in [0.15, 0.2) is 5.78 Å². The summed E-state index contributed by atoms with van der Waals surface area (Å²) in [5.41, 5.74) is 9.38. The summed E-state index contributed by atoms with van der Waals surface area (Å²) in [6, 6.07) is 6.85. The number of rotatable bonds is 1. The average molecular weight is 533 g/mol. The summed E-state index contributed by atoms with van der Waals surface area (Å²) in [5, 5.41) is 0. The number of allylic oxidation sites excluding steroid dienone is 1. The Balaban J connectivity index is 0.000000220. The number of carbonyl (C=O) groups excluding carboxylic acids is 1. The van der Waals surface area contributed by atoms with Crippen LogP contribution >= 0.6 is 22.7 Å². The van der Waals surface area contributed by atoms with E-state index >= 15 is 0 Å². The molecule has 0 radical (unpaired) electrons. The normalized spacial score (nSPS) is 14.2. The topological polar surface area (TPSA) is 17.1 Å². The van der Waals surface area contributed by atoms with Crippen molar-refractivity contribution in [2.75, 3.05) is 0 Å². The number of thiophene rings is 2. The smallest absolute Gasteiger partial charge is 0.358 e. The molecule has 5 rings (SSSR count). The molecule has 0 amide bonds. The molecule has 1 nitrogen and oxygen atoms in total. The van der Waals surface area contributed by atoms with E-state index < -0.39 is 0 Å². The van der Waals surface area contributed by atoms with Crippen LogP contribution in [0.25, 0.3) is 5.57 Å². The maximum absolute atomic E-state index is 13.0. The van der Waals surface area contributed by atoms with E-state index in [0.717, 1.165) is 23.3 Å². The van der Waals surface area contributed by atoms with Crippen molar-refractivity contribution in [1.29, 1.82) is 0 Å². The van der Waals surface area contributed by atoms with Gasteiger partial charge in [-0.15, -0.1) is 28.6 Å². The summed E-state index contributed by atoms with van der Waals surface area (Å²) in [7, 11) is 0. The molecule has 0 bridgehead atoms. The Morgan fingerprint density at radius 1 is 0.895 bits per heavy atom. The summed E-state index contributed by atoms with van der Waals surface area (Å²) in [5.74, 6) is 11.9. The Kier molecular flexibility index (Phi) is 11.5. The zero-order valence-corrected chi connectivity index (χ0v) is 25.0. The molecule has 0 aliphatic heterocycles. The second kappa shape index (κ2) is 13.9. The van der Waals surface area contributed by atoms with Gasteiger partial charge in [-0.2, -0.15) is 0 Å². The van der Waals surface area contributed by atoms with Gasteiger partial charge >= 0.3 is 18.9 Å². The molecule has 1 atom stereocenters. The maximum Gasteiger partial charge on any atom is 1.00 e. The Hall–Kier alpha value is -2.76. The summed E-state index contributed by atoms with van der Waals surface area (Å²) < 4.78 is 13.0. The fourth-order valence-electron chi connectivity index (χ4n) is 4.50. The molecule has 2 aliphatic rings. The third-order valence-corrected chi connectivity index (χ3v) is 9.27. The first-order valence-electron chi connectivity index (χ1n) is 12.1. The van der Waals surface area contributed by atoms with E-state index in [2.05, 4.69) is 58.3 Å². The largest absolute Gasteiger partial charge is 1.00 e. The standard InChI is InChI=1S/C16H15FS.C10H12OS.C7H3.Li/c1-9-8-14-10(2)11(3)18-16(14)15(9)12-4-6-13(17)7-5-12;1-5-4-8-6(2)7(3)12-10(8)9(5)11;1-3-5-7-6-4-2;/h4-7H,8H2,1-3H3;5H,4H2,1-3H3;1H3;/q;;-1;+1. The van der Waals surface area contributed by atoms with E-state index in [4.69, 9.17) is 6.42 Å². The van der Waals surface area contributed by atoms with Gasteiger partial charge in [0.2, 0.25) is 0 Å². The summed E-state index contributed by atoms with van der Waals surface area (Å²) in [4.78, 5) is 16.7. The van der Waals surface area contributed by atoms with Gasteiger partial charge in [-0.05, 0) is 106 Å². The van der Waals surface area contributed by atoms with Crippen LogP contribution in [0.15, 0.2) is 29.8 Å². The summed E-state index contributed by atoms with van der Waals surface area (Å²) in [6.07, 6.45) is 8.29. The van der Waals surface area contributed by atoms with E-state index in [1.807, 2.05) is 36.3 Å². The molecular weight excluding hydrogens is 502 g/mol. The molecule has 38 heavy (non-hydrogen) atoms. The molecule has 2 aliphatic carbocycles. The Labute approximate surface area is 247 Å². The van der Waals surface area contributed by atoms with Gasteiger partial charge in [0.1, 0.15) is 5.82 Å². The van der Waals surface area contributed by atoms with Crippen molar-refractivity contribution in [3.05, 3.63) is 89.4 Å². The van der Waals surface area contributed by atoms with Crippen molar-refractivity contribution in [3.63, 3.8) is 0 Å². The minimum atomic E-state index is -0.172. The first-order valence-corrected chi connectivity index (χ1v) is 13.7. The van der Waals surface area contributed by atoms with Crippen molar-refractivity contribution in [2.24, 2.45) is 5.92 Å². The molecule has 188 valence electrons. The van der Waals surface area contributed by atoms with Crippen LogP contribution in [0.1, 0.15) is 72.9 Å². The minimum Gasteiger partial charge on any atom is -0.358 e. The predicted molar refractivity (Wildman–Crippen MR) is 155 cm³/mol. The molecule has 0 saturated carbocycles. The summed E-state index contributed by atoms with van der Waals surface area (Å²) >= 11 is 3.53. The third-order valence-electron chi connectivity index (χ3n) is 6.74. The van der Waals surface area contributed by atoms with Crippen LogP contribution < -0.4 is 18.9 Å². The molecule has 2 aromatic heterocycles.